The first-order valence-corrected chi connectivity index (χ1v) is 13.1. The fraction of sp³-hybridized carbons (Fsp3) is 0.276. The summed E-state index contributed by atoms with van der Waals surface area (Å²) in [6.45, 7) is 4.57. The van der Waals surface area contributed by atoms with Crippen molar-refractivity contribution in [1.29, 1.82) is 0 Å². The molecule has 1 heterocycles. The molecule has 4 aromatic rings. The van der Waals surface area contributed by atoms with Gasteiger partial charge in [-0.1, -0.05) is 35.3 Å². The van der Waals surface area contributed by atoms with E-state index < -0.39 is 17.9 Å². The Morgan fingerprint density at radius 3 is 2.30 bits per heavy atom. The molecule has 0 saturated carbocycles. The highest BCUT2D eigenvalue weighted by atomic mass is 35.5. The summed E-state index contributed by atoms with van der Waals surface area (Å²) in [5.41, 5.74) is 3.60. The molecule has 2 N–H and O–H groups in total. The van der Waals surface area contributed by atoms with E-state index in [4.69, 9.17) is 41.8 Å². The van der Waals surface area contributed by atoms with Gasteiger partial charge < -0.3 is 29.1 Å². The third-order valence-electron chi connectivity index (χ3n) is 6.26. The van der Waals surface area contributed by atoms with Crippen molar-refractivity contribution in [3.8, 4) is 22.6 Å². The van der Waals surface area contributed by atoms with Gasteiger partial charge >= 0.3 is 5.97 Å². The summed E-state index contributed by atoms with van der Waals surface area (Å²) in [5, 5.41) is 12.7. The molecule has 11 heteroatoms. The number of nitrogens with one attached hydrogen (secondary N) is 1. The SMILES string of the molecule is CCOCc1cc(OC)c(-c2ccc(CC(NC(=O)c3c(Cl)cccc3Cl)C(=O)O)c3nc(C)oc23)c(OC)c1. The Morgan fingerprint density at radius 1 is 1.07 bits per heavy atom. The molecule has 0 radical (unpaired) electrons. The lowest BCUT2D eigenvalue weighted by Gasteiger charge is -2.18. The quantitative estimate of drug-likeness (QED) is 0.216. The molecular formula is C29H28Cl2N2O7. The van der Waals surface area contributed by atoms with Crippen LogP contribution in [0.2, 0.25) is 10.0 Å². The van der Waals surface area contributed by atoms with Crippen LogP contribution in [-0.4, -0.2) is 48.8 Å². The van der Waals surface area contributed by atoms with E-state index in [2.05, 4.69) is 10.3 Å². The van der Waals surface area contributed by atoms with Crippen LogP contribution in [0.4, 0.5) is 0 Å². The van der Waals surface area contributed by atoms with Crippen LogP contribution < -0.4 is 14.8 Å². The first kappa shape index (κ1) is 29.2. The van der Waals surface area contributed by atoms with Gasteiger partial charge in [-0.3, -0.25) is 4.79 Å². The molecule has 0 saturated heterocycles. The molecule has 3 aromatic carbocycles. The predicted molar refractivity (Wildman–Crippen MR) is 152 cm³/mol. The maximum Gasteiger partial charge on any atom is 0.326 e. The Labute approximate surface area is 241 Å². The minimum absolute atomic E-state index is 0.00170. The van der Waals surface area contributed by atoms with E-state index in [0.29, 0.717) is 58.4 Å². The van der Waals surface area contributed by atoms with Gasteiger partial charge in [-0.15, -0.1) is 0 Å². The fourth-order valence-electron chi connectivity index (χ4n) is 4.43. The molecule has 1 amide bonds. The second-order valence-electron chi connectivity index (χ2n) is 8.86. The number of carbonyl (C=O) groups excluding carboxylic acids is 1. The van der Waals surface area contributed by atoms with Crippen molar-refractivity contribution in [2.24, 2.45) is 0 Å². The molecule has 0 bridgehead atoms. The zero-order valence-corrected chi connectivity index (χ0v) is 23.9. The molecule has 1 unspecified atom stereocenters. The number of benzene rings is 3. The summed E-state index contributed by atoms with van der Waals surface area (Å²) < 4.78 is 23.0. The van der Waals surface area contributed by atoms with E-state index >= 15 is 0 Å². The zero-order chi connectivity index (χ0) is 29.0. The number of methoxy groups -OCH3 is 2. The Hall–Kier alpha value is -3.79. The number of oxazole rings is 1. The second kappa shape index (κ2) is 12.6. The monoisotopic (exact) mass is 586 g/mol. The van der Waals surface area contributed by atoms with Crippen LogP contribution in [0.5, 0.6) is 11.5 Å². The average molecular weight is 587 g/mol. The van der Waals surface area contributed by atoms with Gasteiger partial charge in [0.15, 0.2) is 11.5 Å². The third-order valence-corrected chi connectivity index (χ3v) is 6.89. The van der Waals surface area contributed by atoms with E-state index in [9.17, 15) is 14.7 Å². The van der Waals surface area contributed by atoms with Crippen molar-refractivity contribution in [1.82, 2.24) is 10.3 Å². The summed E-state index contributed by atoms with van der Waals surface area (Å²) >= 11 is 12.3. The molecule has 1 aromatic heterocycles. The normalized spacial score (nSPS) is 11.8. The number of carboxylic acid groups (broad SMARTS) is 1. The number of hydrogen-bond acceptors (Lipinski definition) is 7. The van der Waals surface area contributed by atoms with Gasteiger partial charge in [-0.2, -0.15) is 0 Å². The number of aryl methyl sites for hydroxylation is 1. The predicted octanol–water partition coefficient (Wildman–Crippen LogP) is 6.09. The third kappa shape index (κ3) is 6.01. The Morgan fingerprint density at radius 2 is 1.73 bits per heavy atom. The van der Waals surface area contributed by atoms with Gasteiger partial charge in [0.05, 0.1) is 42.0 Å². The van der Waals surface area contributed by atoms with Crippen LogP contribution in [-0.2, 0) is 22.6 Å². The molecule has 1 atom stereocenters. The average Bonchev–Trinajstić information content (AvgIpc) is 3.32. The van der Waals surface area contributed by atoms with E-state index in [0.717, 1.165) is 5.56 Å². The Balaban J connectivity index is 1.75. The lowest BCUT2D eigenvalue weighted by Crippen LogP contribution is -2.42. The molecular weight excluding hydrogens is 559 g/mol. The van der Waals surface area contributed by atoms with E-state index in [1.54, 1.807) is 39.3 Å². The fourth-order valence-corrected chi connectivity index (χ4v) is 5.00. The van der Waals surface area contributed by atoms with Crippen molar-refractivity contribution in [3.63, 3.8) is 0 Å². The summed E-state index contributed by atoms with van der Waals surface area (Å²) in [4.78, 5) is 29.6. The number of halogens is 2. The number of aromatic nitrogens is 1. The first-order valence-electron chi connectivity index (χ1n) is 12.4. The number of carboxylic acids is 1. The molecule has 0 aliphatic carbocycles. The minimum atomic E-state index is -1.30. The van der Waals surface area contributed by atoms with Crippen molar-refractivity contribution in [2.75, 3.05) is 20.8 Å². The smallest absolute Gasteiger partial charge is 0.326 e. The number of nitrogens with zero attached hydrogens (tertiary/aromatic N) is 1. The van der Waals surface area contributed by atoms with Gasteiger partial charge in [0.1, 0.15) is 23.1 Å². The van der Waals surface area contributed by atoms with Gasteiger partial charge in [0.2, 0.25) is 0 Å². The van der Waals surface area contributed by atoms with E-state index in [1.165, 1.54) is 12.1 Å². The lowest BCUT2D eigenvalue weighted by atomic mass is 9.96. The van der Waals surface area contributed by atoms with Gasteiger partial charge in [0.25, 0.3) is 5.91 Å². The molecule has 9 nitrogen and oxygen atoms in total. The molecule has 40 heavy (non-hydrogen) atoms. The molecule has 210 valence electrons. The second-order valence-corrected chi connectivity index (χ2v) is 9.67. The molecule has 4 rings (SSSR count). The van der Waals surface area contributed by atoms with Gasteiger partial charge in [-0.05, 0) is 48.4 Å². The highest BCUT2D eigenvalue weighted by Crippen LogP contribution is 2.43. The number of amides is 1. The van der Waals surface area contributed by atoms with E-state index in [1.807, 2.05) is 19.1 Å². The number of ether oxygens (including phenoxy) is 3. The maximum atomic E-state index is 12.9. The van der Waals surface area contributed by atoms with Gasteiger partial charge in [-0.25, -0.2) is 9.78 Å². The van der Waals surface area contributed by atoms with Crippen LogP contribution in [0.3, 0.4) is 0 Å². The number of hydrogen-bond donors (Lipinski definition) is 2. The summed E-state index contributed by atoms with van der Waals surface area (Å²) in [6, 6.07) is 10.6. The van der Waals surface area contributed by atoms with Crippen LogP contribution in [0.15, 0.2) is 46.9 Å². The van der Waals surface area contributed by atoms with Crippen LogP contribution >= 0.6 is 23.2 Å². The standard InChI is InChI=1S/C29H28Cl2N2O7/c1-5-39-14-16-11-22(37-3)24(23(12-16)38-4)18-10-9-17(26-27(18)40-15(2)32-26)13-21(29(35)36)33-28(34)25-19(30)7-6-8-20(25)31/h6-12,21H,5,13-14H2,1-4H3,(H,33,34)(H,35,36). The van der Waals surface area contributed by atoms with Crippen molar-refractivity contribution in [3.05, 3.63) is 75.1 Å². The van der Waals surface area contributed by atoms with Crippen molar-refractivity contribution < 1.29 is 33.3 Å². The lowest BCUT2D eigenvalue weighted by molar-refractivity contribution is -0.139. The molecule has 0 spiro atoms. The number of carbonyl (C=O) groups is 2. The number of rotatable bonds is 11. The largest absolute Gasteiger partial charge is 0.496 e. The van der Waals surface area contributed by atoms with E-state index in [-0.39, 0.29) is 22.0 Å². The molecule has 0 fully saturated rings. The maximum absolute atomic E-state index is 12.9. The topological polar surface area (TPSA) is 120 Å². The van der Waals surface area contributed by atoms with Crippen LogP contribution in [0.1, 0.15) is 34.3 Å². The Kier molecular flexibility index (Phi) is 9.19. The number of fused-ring (bicyclic) bond motifs is 1. The Bertz CT molecular complexity index is 1520. The minimum Gasteiger partial charge on any atom is -0.496 e. The van der Waals surface area contributed by atoms with Gasteiger partial charge in [0, 0.05) is 25.5 Å². The molecule has 0 aliphatic rings. The first-order chi connectivity index (χ1) is 19.2. The summed E-state index contributed by atoms with van der Waals surface area (Å²) in [7, 11) is 3.12. The van der Waals surface area contributed by atoms with Crippen molar-refractivity contribution in [2.45, 2.75) is 32.9 Å². The summed E-state index contributed by atoms with van der Waals surface area (Å²) in [5.74, 6) is -0.460. The van der Waals surface area contributed by atoms with Crippen LogP contribution in [0, 0.1) is 6.92 Å². The molecule has 0 aliphatic heterocycles. The highest BCUT2D eigenvalue weighted by Gasteiger charge is 2.27. The zero-order valence-electron chi connectivity index (χ0n) is 22.3. The number of aliphatic carboxylic acids is 1. The highest BCUT2D eigenvalue weighted by molar-refractivity contribution is 6.39. The summed E-state index contributed by atoms with van der Waals surface area (Å²) in [6.07, 6.45) is -0.0759. The van der Waals surface area contributed by atoms with Crippen molar-refractivity contribution >= 4 is 46.2 Å². The van der Waals surface area contributed by atoms with Crippen LogP contribution in [0.25, 0.3) is 22.2 Å².